The molecule has 28 heavy (non-hydrogen) atoms. The summed E-state index contributed by atoms with van der Waals surface area (Å²) in [6.45, 7) is 3.91. The number of aromatic nitrogens is 2. The Balaban J connectivity index is 1.52. The third-order valence-electron chi connectivity index (χ3n) is 5.63. The van der Waals surface area contributed by atoms with Crippen molar-refractivity contribution in [3.8, 4) is 5.69 Å². The van der Waals surface area contributed by atoms with Gasteiger partial charge in [-0.25, -0.2) is 4.98 Å². The quantitative estimate of drug-likeness (QED) is 0.538. The summed E-state index contributed by atoms with van der Waals surface area (Å²) in [6, 6.07) is 17.4. The summed E-state index contributed by atoms with van der Waals surface area (Å²) in [6.07, 6.45) is 2.24. The molecule has 0 aliphatic carbocycles. The van der Waals surface area contributed by atoms with Crippen molar-refractivity contribution in [3.05, 3.63) is 53.9 Å². The molecule has 0 spiro atoms. The van der Waals surface area contributed by atoms with Crippen LogP contribution in [0, 0.1) is 0 Å². The second-order valence-corrected chi connectivity index (χ2v) is 8.34. The Labute approximate surface area is 168 Å². The number of likely N-dealkylation sites (tertiary alicyclic amines) is 1. The molecule has 6 heteroatoms. The van der Waals surface area contributed by atoms with Gasteiger partial charge in [0.1, 0.15) is 0 Å². The van der Waals surface area contributed by atoms with Crippen molar-refractivity contribution in [3.63, 3.8) is 0 Å². The van der Waals surface area contributed by atoms with Crippen molar-refractivity contribution in [2.45, 2.75) is 18.9 Å². The minimum Gasteiger partial charge on any atom is -0.352 e. The van der Waals surface area contributed by atoms with E-state index < -0.39 is 0 Å². The SMILES string of the molecule is NCCN1CCC(Nc2nc3ccccc3n2-c2csc3ccccc23)CC1. The van der Waals surface area contributed by atoms with Crippen LogP contribution in [0.1, 0.15) is 12.8 Å². The van der Waals surface area contributed by atoms with Crippen LogP contribution >= 0.6 is 11.3 Å². The molecule has 1 aliphatic rings. The van der Waals surface area contributed by atoms with Gasteiger partial charge in [0.05, 0.1) is 16.7 Å². The monoisotopic (exact) mass is 391 g/mol. The zero-order valence-corrected chi connectivity index (χ0v) is 16.7. The molecule has 3 heterocycles. The van der Waals surface area contributed by atoms with E-state index in [1.165, 1.54) is 15.8 Å². The lowest BCUT2D eigenvalue weighted by Crippen LogP contribution is -2.41. The first-order valence-corrected chi connectivity index (χ1v) is 10.8. The first-order chi connectivity index (χ1) is 13.8. The van der Waals surface area contributed by atoms with E-state index in [0.717, 1.165) is 56.0 Å². The number of anilines is 1. The molecule has 144 valence electrons. The molecule has 0 radical (unpaired) electrons. The average molecular weight is 392 g/mol. The highest BCUT2D eigenvalue weighted by atomic mass is 32.1. The summed E-state index contributed by atoms with van der Waals surface area (Å²) in [5, 5.41) is 7.27. The van der Waals surface area contributed by atoms with Gasteiger partial charge in [-0.3, -0.25) is 4.57 Å². The minimum atomic E-state index is 0.439. The number of thiophene rings is 1. The Morgan fingerprint density at radius 3 is 2.71 bits per heavy atom. The van der Waals surface area contributed by atoms with E-state index in [1.807, 2.05) is 0 Å². The van der Waals surface area contributed by atoms with Gasteiger partial charge in [0, 0.05) is 47.7 Å². The van der Waals surface area contributed by atoms with E-state index in [2.05, 4.69) is 68.7 Å². The maximum absolute atomic E-state index is 5.71. The van der Waals surface area contributed by atoms with Gasteiger partial charge in [0.15, 0.2) is 0 Å². The second kappa shape index (κ2) is 7.54. The maximum atomic E-state index is 5.71. The molecule has 0 saturated carbocycles. The lowest BCUT2D eigenvalue weighted by atomic mass is 10.1. The number of piperidine rings is 1. The highest BCUT2D eigenvalue weighted by Crippen LogP contribution is 2.34. The maximum Gasteiger partial charge on any atom is 0.208 e. The fourth-order valence-electron chi connectivity index (χ4n) is 4.17. The van der Waals surface area contributed by atoms with Crippen LogP contribution in [0.2, 0.25) is 0 Å². The van der Waals surface area contributed by atoms with Crippen LogP contribution in [-0.4, -0.2) is 46.7 Å². The van der Waals surface area contributed by atoms with Gasteiger partial charge >= 0.3 is 0 Å². The summed E-state index contributed by atoms with van der Waals surface area (Å²) in [4.78, 5) is 7.40. The van der Waals surface area contributed by atoms with Crippen LogP contribution in [-0.2, 0) is 0 Å². The molecule has 0 bridgehead atoms. The topological polar surface area (TPSA) is 59.1 Å². The van der Waals surface area contributed by atoms with Gasteiger partial charge in [-0.1, -0.05) is 30.3 Å². The van der Waals surface area contributed by atoms with Gasteiger partial charge in [-0.05, 0) is 31.0 Å². The predicted molar refractivity (Wildman–Crippen MR) is 119 cm³/mol. The lowest BCUT2D eigenvalue weighted by molar-refractivity contribution is 0.224. The van der Waals surface area contributed by atoms with Gasteiger partial charge < -0.3 is 16.0 Å². The van der Waals surface area contributed by atoms with Crippen LogP contribution in [0.5, 0.6) is 0 Å². The van der Waals surface area contributed by atoms with Crippen LogP contribution in [0.15, 0.2) is 53.9 Å². The largest absolute Gasteiger partial charge is 0.352 e. The fraction of sp³-hybridized carbons (Fsp3) is 0.318. The minimum absolute atomic E-state index is 0.439. The van der Waals surface area contributed by atoms with Crippen molar-refractivity contribution in [1.29, 1.82) is 0 Å². The molecule has 2 aromatic carbocycles. The number of para-hydroxylation sites is 2. The van der Waals surface area contributed by atoms with Crippen molar-refractivity contribution < 1.29 is 0 Å². The number of nitrogens with two attached hydrogens (primary N) is 1. The average Bonchev–Trinajstić information content (AvgIpc) is 3.30. The molecule has 0 amide bonds. The Bertz CT molecular complexity index is 1090. The smallest absolute Gasteiger partial charge is 0.208 e. The molecule has 5 nitrogen and oxygen atoms in total. The normalized spacial score (nSPS) is 16.2. The number of hydrogen-bond donors (Lipinski definition) is 2. The van der Waals surface area contributed by atoms with Crippen molar-refractivity contribution >= 4 is 38.4 Å². The second-order valence-electron chi connectivity index (χ2n) is 7.43. The van der Waals surface area contributed by atoms with E-state index >= 15 is 0 Å². The van der Waals surface area contributed by atoms with E-state index in [4.69, 9.17) is 10.7 Å². The summed E-state index contributed by atoms with van der Waals surface area (Å²) in [5.41, 5.74) is 9.09. The predicted octanol–water partition coefficient (Wildman–Crippen LogP) is 4.08. The Morgan fingerprint density at radius 2 is 1.86 bits per heavy atom. The van der Waals surface area contributed by atoms with Crippen molar-refractivity contribution in [1.82, 2.24) is 14.5 Å². The summed E-state index contributed by atoms with van der Waals surface area (Å²) >= 11 is 1.79. The molecular formula is C22H25N5S. The molecule has 1 saturated heterocycles. The van der Waals surface area contributed by atoms with E-state index in [0.29, 0.717) is 6.04 Å². The van der Waals surface area contributed by atoms with Crippen molar-refractivity contribution in [2.24, 2.45) is 5.73 Å². The molecular weight excluding hydrogens is 366 g/mol. The highest BCUT2D eigenvalue weighted by molar-refractivity contribution is 7.17. The molecule has 4 aromatic rings. The molecule has 0 unspecified atom stereocenters. The highest BCUT2D eigenvalue weighted by Gasteiger charge is 2.22. The molecule has 0 atom stereocenters. The fourth-order valence-corrected chi connectivity index (χ4v) is 5.10. The Morgan fingerprint density at radius 1 is 1.07 bits per heavy atom. The number of rotatable bonds is 5. The Hall–Kier alpha value is -2.41. The molecule has 2 aromatic heterocycles. The van der Waals surface area contributed by atoms with E-state index in [1.54, 1.807) is 11.3 Å². The van der Waals surface area contributed by atoms with Gasteiger partial charge in [0.25, 0.3) is 0 Å². The summed E-state index contributed by atoms with van der Waals surface area (Å²) in [7, 11) is 0. The number of fused-ring (bicyclic) bond motifs is 2. The molecule has 1 aliphatic heterocycles. The van der Waals surface area contributed by atoms with Crippen LogP contribution in [0.3, 0.4) is 0 Å². The zero-order chi connectivity index (χ0) is 18.9. The van der Waals surface area contributed by atoms with Crippen LogP contribution < -0.4 is 11.1 Å². The summed E-state index contributed by atoms with van der Waals surface area (Å²) < 4.78 is 3.59. The molecule has 3 N–H and O–H groups in total. The zero-order valence-electron chi connectivity index (χ0n) is 15.8. The first kappa shape index (κ1) is 17.7. The van der Waals surface area contributed by atoms with E-state index in [9.17, 15) is 0 Å². The first-order valence-electron chi connectivity index (χ1n) is 9.96. The Kier molecular flexibility index (Phi) is 4.76. The van der Waals surface area contributed by atoms with Gasteiger partial charge in [0.2, 0.25) is 5.95 Å². The summed E-state index contributed by atoms with van der Waals surface area (Å²) in [5.74, 6) is 0.946. The van der Waals surface area contributed by atoms with E-state index in [-0.39, 0.29) is 0 Å². The molecule has 1 fully saturated rings. The number of nitrogens with zero attached hydrogens (tertiary/aromatic N) is 3. The van der Waals surface area contributed by atoms with Gasteiger partial charge in [-0.2, -0.15) is 0 Å². The number of hydrogen-bond acceptors (Lipinski definition) is 5. The molecule has 5 rings (SSSR count). The standard InChI is InChI=1S/C22H25N5S/c23-11-14-26-12-9-16(10-13-26)24-22-25-18-6-2-3-7-19(18)27(22)20-15-28-21-8-4-1-5-17(20)21/h1-8,15-16H,9-14,23H2,(H,24,25). The van der Waals surface area contributed by atoms with Crippen LogP contribution in [0.25, 0.3) is 26.8 Å². The number of nitrogens with one attached hydrogen (secondary N) is 1. The number of benzene rings is 2. The van der Waals surface area contributed by atoms with Gasteiger partial charge in [-0.15, -0.1) is 11.3 Å². The number of imidazole rings is 1. The van der Waals surface area contributed by atoms with Crippen molar-refractivity contribution in [2.75, 3.05) is 31.5 Å². The third kappa shape index (κ3) is 3.17. The third-order valence-corrected chi connectivity index (χ3v) is 6.58. The lowest BCUT2D eigenvalue weighted by Gasteiger charge is -2.32. The van der Waals surface area contributed by atoms with Crippen LogP contribution in [0.4, 0.5) is 5.95 Å².